The summed E-state index contributed by atoms with van der Waals surface area (Å²) >= 11 is 0. The maximum absolute atomic E-state index is 12.5. The maximum atomic E-state index is 12.5. The van der Waals surface area contributed by atoms with Crippen molar-refractivity contribution in [1.82, 2.24) is 5.32 Å². The molecule has 2 aromatic carbocycles. The molecule has 0 radical (unpaired) electrons. The first-order chi connectivity index (χ1) is 11.9. The molecule has 7 heteroatoms. The van der Waals surface area contributed by atoms with Gasteiger partial charge in [0.1, 0.15) is 0 Å². The van der Waals surface area contributed by atoms with E-state index in [-0.39, 0.29) is 28.1 Å². The molecule has 1 atom stereocenters. The van der Waals surface area contributed by atoms with Gasteiger partial charge in [-0.1, -0.05) is 19.1 Å². The minimum absolute atomic E-state index is 0.000361. The Hall–Kier alpha value is -2.85. The standard InChI is InChI=1S/C18H19N3O3S/c1-3-13(2)20-18(22)15-7-5-9-17(11-15)25(23,24)21-16-8-4-6-14(10-16)12-19/h4-11,13,21H,3H2,1-2H3,(H,20,22). The first kappa shape index (κ1) is 18.5. The fourth-order valence-corrected chi connectivity index (χ4v) is 3.17. The lowest BCUT2D eigenvalue weighted by Crippen LogP contribution is -2.32. The molecular weight excluding hydrogens is 338 g/mol. The van der Waals surface area contributed by atoms with E-state index in [0.29, 0.717) is 5.56 Å². The molecule has 0 saturated carbocycles. The molecule has 1 unspecified atom stereocenters. The van der Waals surface area contributed by atoms with Crippen LogP contribution in [0.25, 0.3) is 0 Å². The highest BCUT2D eigenvalue weighted by Crippen LogP contribution is 2.18. The second kappa shape index (κ2) is 7.81. The van der Waals surface area contributed by atoms with Crippen LogP contribution in [0.3, 0.4) is 0 Å². The van der Waals surface area contributed by atoms with Crippen LogP contribution in [0.2, 0.25) is 0 Å². The van der Waals surface area contributed by atoms with Gasteiger partial charge in [0.05, 0.1) is 22.2 Å². The lowest BCUT2D eigenvalue weighted by Gasteiger charge is -2.12. The van der Waals surface area contributed by atoms with E-state index in [2.05, 4.69) is 10.0 Å². The van der Waals surface area contributed by atoms with E-state index >= 15 is 0 Å². The van der Waals surface area contributed by atoms with E-state index in [1.807, 2.05) is 19.9 Å². The van der Waals surface area contributed by atoms with E-state index < -0.39 is 10.0 Å². The summed E-state index contributed by atoms with van der Waals surface area (Å²) in [4.78, 5) is 12.2. The summed E-state index contributed by atoms with van der Waals surface area (Å²) in [5, 5.41) is 11.7. The number of hydrogen-bond acceptors (Lipinski definition) is 4. The average molecular weight is 357 g/mol. The van der Waals surface area contributed by atoms with E-state index in [0.717, 1.165) is 6.42 Å². The smallest absolute Gasteiger partial charge is 0.261 e. The Morgan fingerprint density at radius 2 is 1.92 bits per heavy atom. The van der Waals surface area contributed by atoms with Crippen molar-refractivity contribution >= 4 is 21.6 Å². The largest absolute Gasteiger partial charge is 0.350 e. The van der Waals surface area contributed by atoms with Gasteiger partial charge >= 0.3 is 0 Å². The number of carbonyl (C=O) groups is 1. The molecule has 0 spiro atoms. The normalized spacial score (nSPS) is 12.0. The van der Waals surface area contributed by atoms with E-state index in [9.17, 15) is 13.2 Å². The summed E-state index contributed by atoms with van der Waals surface area (Å²) in [7, 11) is -3.87. The van der Waals surface area contributed by atoms with E-state index in [1.165, 1.54) is 24.3 Å². The molecule has 0 aliphatic rings. The molecule has 25 heavy (non-hydrogen) atoms. The molecule has 0 aliphatic heterocycles. The zero-order valence-corrected chi connectivity index (χ0v) is 14.8. The molecule has 2 rings (SSSR count). The lowest BCUT2D eigenvalue weighted by atomic mass is 10.2. The Morgan fingerprint density at radius 3 is 2.60 bits per heavy atom. The molecule has 1 amide bonds. The minimum Gasteiger partial charge on any atom is -0.350 e. The summed E-state index contributed by atoms with van der Waals surface area (Å²) in [5.41, 5.74) is 0.907. The third-order valence-corrected chi connectivity index (χ3v) is 5.02. The van der Waals surface area contributed by atoms with Crippen LogP contribution in [0.5, 0.6) is 0 Å². The number of nitriles is 1. The number of rotatable bonds is 6. The number of carbonyl (C=O) groups excluding carboxylic acids is 1. The van der Waals surface area contributed by atoms with Crippen LogP contribution in [0.1, 0.15) is 36.2 Å². The van der Waals surface area contributed by atoms with E-state index in [4.69, 9.17) is 5.26 Å². The van der Waals surface area contributed by atoms with Crippen molar-refractivity contribution in [2.24, 2.45) is 0 Å². The number of anilines is 1. The van der Waals surface area contributed by atoms with Crippen molar-refractivity contribution in [2.75, 3.05) is 4.72 Å². The highest BCUT2D eigenvalue weighted by Gasteiger charge is 2.17. The Labute approximate surface area is 147 Å². The van der Waals surface area contributed by atoms with Crippen LogP contribution in [0, 0.1) is 11.3 Å². The molecule has 2 aromatic rings. The van der Waals surface area contributed by atoms with Gasteiger partial charge in [0.25, 0.3) is 15.9 Å². The van der Waals surface area contributed by atoms with Crippen LogP contribution in [0.4, 0.5) is 5.69 Å². The van der Waals surface area contributed by atoms with Gasteiger partial charge in [-0.2, -0.15) is 5.26 Å². The van der Waals surface area contributed by atoms with Gasteiger partial charge in [-0.05, 0) is 49.7 Å². The number of amides is 1. The van der Waals surface area contributed by atoms with Crippen LogP contribution < -0.4 is 10.0 Å². The molecule has 0 heterocycles. The van der Waals surface area contributed by atoms with E-state index in [1.54, 1.807) is 24.3 Å². The third-order valence-electron chi connectivity index (χ3n) is 3.64. The van der Waals surface area contributed by atoms with Crippen molar-refractivity contribution in [3.8, 4) is 6.07 Å². The predicted octanol–water partition coefficient (Wildman–Crippen LogP) is 2.89. The van der Waals surface area contributed by atoms with Crippen molar-refractivity contribution < 1.29 is 13.2 Å². The van der Waals surface area contributed by atoms with Crippen molar-refractivity contribution in [3.05, 3.63) is 59.7 Å². The zero-order valence-electron chi connectivity index (χ0n) is 14.0. The fraction of sp³-hybridized carbons (Fsp3) is 0.222. The van der Waals surface area contributed by atoms with Gasteiger partial charge in [0, 0.05) is 11.6 Å². The topological polar surface area (TPSA) is 99.1 Å². The van der Waals surface area contributed by atoms with Crippen LogP contribution in [0.15, 0.2) is 53.4 Å². The molecule has 0 saturated heterocycles. The van der Waals surface area contributed by atoms with Gasteiger partial charge in [-0.15, -0.1) is 0 Å². The molecule has 0 fully saturated rings. The van der Waals surface area contributed by atoms with Gasteiger partial charge in [0.2, 0.25) is 0 Å². The van der Waals surface area contributed by atoms with Gasteiger partial charge in [0.15, 0.2) is 0 Å². The molecule has 0 bridgehead atoms. The van der Waals surface area contributed by atoms with Gasteiger partial charge < -0.3 is 5.32 Å². The quantitative estimate of drug-likeness (QED) is 0.830. The number of sulfonamides is 1. The molecular formula is C18H19N3O3S. The van der Waals surface area contributed by atoms with Crippen LogP contribution in [-0.2, 0) is 10.0 Å². The maximum Gasteiger partial charge on any atom is 0.261 e. The number of benzene rings is 2. The van der Waals surface area contributed by atoms with Crippen molar-refractivity contribution in [3.63, 3.8) is 0 Å². The first-order valence-electron chi connectivity index (χ1n) is 7.79. The van der Waals surface area contributed by atoms with Crippen molar-refractivity contribution in [1.29, 1.82) is 5.26 Å². The van der Waals surface area contributed by atoms with Crippen LogP contribution >= 0.6 is 0 Å². The number of nitrogens with zero attached hydrogens (tertiary/aromatic N) is 1. The second-order valence-corrected chi connectivity index (χ2v) is 7.29. The summed E-state index contributed by atoms with van der Waals surface area (Å²) in [6.45, 7) is 3.83. The zero-order chi connectivity index (χ0) is 18.4. The van der Waals surface area contributed by atoms with Crippen molar-refractivity contribution in [2.45, 2.75) is 31.2 Å². The molecule has 0 aromatic heterocycles. The van der Waals surface area contributed by atoms with Gasteiger partial charge in [-0.3, -0.25) is 9.52 Å². The second-order valence-electron chi connectivity index (χ2n) is 5.61. The minimum atomic E-state index is -3.87. The summed E-state index contributed by atoms with van der Waals surface area (Å²) in [6, 6.07) is 13.9. The molecule has 0 aliphatic carbocycles. The third kappa shape index (κ3) is 4.81. The monoisotopic (exact) mass is 357 g/mol. The lowest BCUT2D eigenvalue weighted by molar-refractivity contribution is 0.0939. The van der Waals surface area contributed by atoms with Gasteiger partial charge in [-0.25, -0.2) is 8.42 Å². The summed E-state index contributed by atoms with van der Waals surface area (Å²) in [5.74, 6) is -0.321. The SMILES string of the molecule is CCC(C)NC(=O)c1cccc(S(=O)(=O)Nc2cccc(C#N)c2)c1. The highest BCUT2D eigenvalue weighted by atomic mass is 32.2. The van der Waals surface area contributed by atoms with Crippen LogP contribution in [-0.4, -0.2) is 20.4 Å². The Bertz CT molecular complexity index is 917. The first-order valence-corrected chi connectivity index (χ1v) is 9.28. The Kier molecular flexibility index (Phi) is 5.78. The average Bonchev–Trinajstić information content (AvgIpc) is 2.61. The molecule has 6 nitrogen and oxygen atoms in total. The summed E-state index contributed by atoms with van der Waals surface area (Å²) in [6.07, 6.45) is 0.778. The number of hydrogen-bond donors (Lipinski definition) is 2. The Balaban J connectivity index is 2.26. The molecule has 2 N–H and O–H groups in total. The molecule has 130 valence electrons. The Morgan fingerprint density at radius 1 is 1.20 bits per heavy atom. The predicted molar refractivity (Wildman–Crippen MR) is 95.6 cm³/mol. The fourth-order valence-electron chi connectivity index (χ4n) is 2.08. The highest BCUT2D eigenvalue weighted by molar-refractivity contribution is 7.92. The number of nitrogens with one attached hydrogen (secondary N) is 2. The summed E-state index contributed by atoms with van der Waals surface area (Å²) < 4.78 is 27.5.